The van der Waals surface area contributed by atoms with Crippen molar-refractivity contribution in [2.24, 2.45) is 33.6 Å². The largest absolute Gasteiger partial charge is 0.335 e. The van der Waals surface area contributed by atoms with Gasteiger partial charge >= 0.3 is 6.03 Å². The Bertz CT molecular complexity index is 1050. The van der Waals surface area contributed by atoms with Crippen LogP contribution in [-0.4, -0.2) is 44.7 Å². The Morgan fingerprint density at radius 1 is 1.12 bits per heavy atom. The van der Waals surface area contributed by atoms with Gasteiger partial charge in [-0.3, -0.25) is 9.89 Å². The Balaban J connectivity index is 1.18. The number of nitrogens with one attached hydrogen (secondary N) is 1. The van der Waals surface area contributed by atoms with E-state index >= 15 is 0 Å². The molecule has 2 fully saturated rings. The molecule has 0 aromatic carbocycles. The first-order valence-corrected chi connectivity index (χ1v) is 12.5. The minimum Gasteiger partial charge on any atom is -0.335 e. The van der Waals surface area contributed by atoms with E-state index in [-0.39, 0.29) is 22.9 Å². The van der Waals surface area contributed by atoms with E-state index < -0.39 is 0 Å². The molecular formula is C26H34N6O. The van der Waals surface area contributed by atoms with Gasteiger partial charge in [0, 0.05) is 35.8 Å². The van der Waals surface area contributed by atoms with Crippen LogP contribution in [-0.2, 0) is 0 Å². The van der Waals surface area contributed by atoms with Crippen LogP contribution < -0.4 is 5.32 Å². The van der Waals surface area contributed by atoms with E-state index in [0.29, 0.717) is 12.5 Å². The number of carbonyl (C=O) groups is 1. The highest BCUT2D eigenvalue weighted by molar-refractivity contribution is 5.80. The molecule has 3 unspecified atom stereocenters. The average molecular weight is 447 g/mol. The van der Waals surface area contributed by atoms with Crippen molar-refractivity contribution in [3.63, 3.8) is 0 Å². The van der Waals surface area contributed by atoms with Gasteiger partial charge in [0.2, 0.25) is 0 Å². The molecule has 0 bridgehead atoms. The van der Waals surface area contributed by atoms with Gasteiger partial charge in [0.1, 0.15) is 0 Å². The third-order valence-electron chi connectivity index (χ3n) is 9.62. The number of rotatable bonds is 2. The molecule has 33 heavy (non-hydrogen) atoms. The van der Waals surface area contributed by atoms with Gasteiger partial charge in [-0.25, -0.2) is 9.48 Å². The van der Waals surface area contributed by atoms with Gasteiger partial charge in [-0.15, -0.1) is 5.10 Å². The number of allylic oxidation sites excluding steroid dienone is 3. The number of aromatic nitrogens is 3. The second-order valence-corrected chi connectivity index (χ2v) is 11.1. The molecule has 1 aromatic rings. The van der Waals surface area contributed by atoms with Crippen LogP contribution in [0.4, 0.5) is 4.79 Å². The average Bonchev–Trinajstić information content (AvgIpc) is 3.47. The molecule has 1 aromatic heterocycles. The van der Waals surface area contributed by atoms with E-state index in [0.717, 1.165) is 37.5 Å². The minimum atomic E-state index is -0.00797. The van der Waals surface area contributed by atoms with E-state index in [4.69, 9.17) is 0 Å². The van der Waals surface area contributed by atoms with E-state index in [1.165, 1.54) is 25.0 Å². The van der Waals surface area contributed by atoms with Gasteiger partial charge in [0.05, 0.1) is 18.9 Å². The number of nitrogens with zero attached hydrogens (tertiary/aromatic N) is 5. The summed E-state index contributed by atoms with van der Waals surface area (Å²) in [5, 5.41) is 11.7. The molecule has 0 saturated heterocycles. The Kier molecular flexibility index (Phi) is 4.85. The molecule has 0 radical (unpaired) electrons. The van der Waals surface area contributed by atoms with Crippen LogP contribution in [0.3, 0.4) is 0 Å². The fraction of sp³-hybridized carbons (Fsp3) is 0.615. The summed E-state index contributed by atoms with van der Waals surface area (Å²) in [6, 6.07) is 0.216. The molecule has 2 heterocycles. The molecule has 2 saturated carbocycles. The molecule has 6 atom stereocenters. The van der Waals surface area contributed by atoms with E-state index in [9.17, 15) is 4.79 Å². The van der Waals surface area contributed by atoms with Crippen molar-refractivity contribution in [1.29, 1.82) is 0 Å². The third kappa shape index (κ3) is 3.22. The molecule has 7 nitrogen and oxygen atoms in total. The summed E-state index contributed by atoms with van der Waals surface area (Å²) in [6.07, 6.45) is 22.0. The van der Waals surface area contributed by atoms with Crippen LogP contribution in [0.1, 0.15) is 58.8 Å². The van der Waals surface area contributed by atoms with Crippen molar-refractivity contribution in [2.75, 3.05) is 6.54 Å². The Hall–Kier alpha value is -2.70. The van der Waals surface area contributed by atoms with Gasteiger partial charge in [-0.05, 0) is 68.1 Å². The zero-order valence-electron chi connectivity index (χ0n) is 19.7. The molecule has 174 valence electrons. The predicted octanol–water partition coefficient (Wildman–Crippen LogP) is 4.63. The van der Waals surface area contributed by atoms with Crippen LogP contribution in [0.5, 0.6) is 0 Å². The van der Waals surface area contributed by atoms with Crippen LogP contribution in [0.25, 0.3) is 5.70 Å². The highest BCUT2D eigenvalue weighted by atomic mass is 16.2. The summed E-state index contributed by atoms with van der Waals surface area (Å²) in [5.41, 5.74) is 3.39. The third-order valence-corrected chi connectivity index (χ3v) is 9.62. The van der Waals surface area contributed by atoms with E-state index in [1.54, 1.807) is 35.3 Å². The number of fused-ring (bicyclic) bond motifs is 5. The van der Waals surface area contributed by atoms with Crippen LogP contribution in [0.15, 0.2) is 47.5 Å². The second kappa shape index (κ2) is 7.67. The summed E-state index contributed by atoms with van der Waals surface area (Å²) in [4.78, 5) is 18.4. The lowest BCUT2D eigenvalue weighted by Crippen LogP contribution is -2.52. The number of urea groups is 1. The van der Waals surface area contributed by atoms with Crippen molar-refractivity contribution in [3.8, 4) is 0 Å². The lowest BCUT2D eigenvalue weighted by atomic mass is 9.47. The van der Waals surface area contributed by atoms with E-state index in [2.05, 4.69) is 46.6 Å². The van der Waals surface area contributed by atoms with E-state index in [1.807, 2.05) is 10.9 Å². The van der Waals surface area contributed by atoms with Crippen molar-refractivity contribution in [3.05, 3.63) is 42.5 Å². The van der Waals surface area contributed by atoms with Crippen molar-refractivity contribution < 1.29 is 4.79 Å². The Morgan fingerprint density at radius 2 is 2.00 bits per heavy atom. The van der Waals surface area contributed by atoms with Gasteiger partial charge in [0.15, 0.2) is 0 Å². The number of hydrogen-bond donors (Lipinski definition) is 1. The molecule has 0 spiro atoms. The highest BCUT2D eigenvalue weighted by Gasteiger charge is 2.57. The molecule has 5 aliphatic rings. The zero-order valence-corrected chi connectivity index (χ0v) is 19.7. The predicted molar refractivity (Wildman–Crippen MR) is 128 cm³/mol. The van der Waals surface area contributed by atoms with Crippen LogP contribution in [0.2, 0.25) is 0 Å². The van der Waals surface area contributed by atoms with Crippen molar-refractivity contribution >= 4 is 17.9 Å². The van der Waals surface area contributed by atoms with Crippen molar-refractivity contribution in [2.45, 2.75) is 64.8 Å². The number of hydrogen-bond acceptors (Lipinski definition) is 4. The standard InChI is InChI=1S/C26H34N6O/c1-25-9-7-19(29-24(33)31-14-11-27-12-15-31)17-18(25)3-4-20-21-5-6-23(32-16-13-28-30-32)26(21,2)10-8-22(20)25/h3,6,11-14,16,19-22H,4-5,7-10,15,17H2,1-2H3,(H,29,33)/t19-,20?,21?,22?,25-,26-/m0/s1. The summed E-state index contributed by atoms with van der Waals surface area (Å²) in [6.45, 7) is 5.52. The SMILES string of the molecule is C[C@]12CC[C@H](NC(=O)N3C=CN=CC3)CC1=CCC1C2CC[C@]2(C)C(n3ccnn3)=CCC12. The Labute approximate surface area is 195 Å². The monoisotopic (exact) mass is 446 g/mol. The maximum Gasteiger partial charge on any atom is 0.322 e. The lowest BCUT2D eigenvalue weighted by Gasteiger charge is -2.57. The summed E-state index contributed by atoms with van der Waals surface area (Å²) in [7, 11) is 0. The fourth-order valence-corrected chi connectivity index (χ4v) is 7.80. The first-order valence-electron chi connectivity index (χ1n) is 12.5. The maximum absolute atomic E-state index is 12.7. The second-order valence-electron chi connectivity index (χ2n) is 11.1. The van der Waals surface area contributed by atoms with Gasteiger partial charge in [-0.2, -0.15) is 0 Å². The quantitative estimate of drug-likeness (QED) is 0.673. The number of carbonyl (C=O) groups excluding carboxylic acids is 1. The number of aliphatic imine (C=N–C) groups is 1. The normalized spacial score (nSPS) is 39.3. The first kappa shape index (κ1) is 20.9. The van der Waals surface area contributed by atoms with Gasteiger partial charge < -0.3 is 5.32 Å². The summed E-state index contributed by atoms with van der Waals surface area (Å²) < 4.78 is 2.00. The minimum absolute atomic E-state index is 0.00797. The maximum atomic E-state index is 12.7. The summed E-state index contributed by atoms with van der Waals surface area (Å²) in [5.74, 6) is 2.13. The highest BCUT2D eigenvalue weighted by Crippen LogP contribution is 2.65. The smallest absolute Gasteiger partial charge is 0.322 e. The van der Waals surface area contributed by atoms with Gasteiger partial charge in [-0.1, -0.05) is 36.8 Å². The molecule has 7 heteroatoms. The van der Waals surface area contributed by atoms with Crippen LogP contribution in [0, 0.1) is 28.6 Å². The molecule has 6 rings (SSSR count). The molecular weight excluding hydrogens is 412 g/mol. The van der Waals surface area contributed by atoms with Crippen molar-refractivity contribution in [1.82, 2.24) is 25.2 Å². The lowest BCUT2D eigenvalue weighted by molar-refractivity contribution is -0.0138. The fourth-order valence-electron chi connectivity index (χ4n) is 7.80. The zero-order chi connectivity index (χ0) is 22.6. The summed E-state index contributed by atoms with van der Waals surface area (Å²) >= 11 is 0. The first-order chi connectivity index (χ1) is 16.0. The van der Waals surface area contributed by atoms with Crippen LogP contribution >= 0.6 is 0 Å². The molecule has 1 aliphatic heterocycles. The Morgan fingerprint density at radius 3 is 2.79 bits per heavy atom. The molecule has 4 aliphatic carbocycles. The topological polar surface area (TPSA) is 75.4 Å². The molecule has 1 N–H and O–H groups in total. The van der Waals surface area contributed by atoms with Gasteiger partial charge in [0.25, 0.3) is 0 Å². The molecule has 2 amide bonds. The number of amides is 2.